The number of fused-ring (bicyclic) bond motifs is 1. The van der Waals surface area contributed by atoms with E-state index < -0.39 is 0 Å². The fourth-order valence-electron chi connectivity index (χ4n) is 3.48. The highest BCUT2D eigenvalue weighted by Crippen LogP contribution is 2.32. The van der Waals surface area contributed by atoms with Gasteiger partial charge in [-0.3, -0.25) is 0 Å². The van der Waals surface area contributed by atoms with Crippen LogP contribution in [0.5, 0.6) is 0 Å². The van der Waals surface area contributed by atoms with Crippen LogP contribution < -0.4 is 16.0 Å². The van der Waals surface area contributed by atoms with Crippen molar-refractivity contribution in [3.8, 4) is 0 Å². The van der Waals surface area contributed by atoms with Crippen LogP contribution in [0.1, 0.15) is 31.4 Å². The van der Waals surface area contributed by atoms with E-state index in [2.05, 4.69) is 20.2 Å². The molecule has 0 spiro atoms. The maximum absolute atomic E-state index is 14.0. The summed E-state index contributed by atoms with van der Waals surface area (Å²) in [5.74, 6) is 0.577. The second-order valence-corrected chi connectivity index (χ2v) is 7.75. The zero-order valence-corrected chi connectivity index (χ0v) is 15.8. The lowest BCUT2D eigenvalue weighted by atomic mass is 10.0. The van der Waals surface area contributed by atoms with E-state index in [1.807, 2.05) is 18.4 Å². The van der Waals surface area contributed by atoms with E-state index in [0.29, 0.717) is 24.6 Å². The number of thiophene rings is 1. The van der Waals surface area contributed by atoms with E-state index in [1.165, 1.54) is 17.4 Å². The Morgan fingerprint density at radius 2 is 2.07 bits per heavy atom. The van der Waals surface area contributed by atoms with Gasteiger partial charge in [-0.2, -0.15) is 4.98 Å². The number of anilines is 3. The van der Waals surface area contributed by atoms with Crippen LogP contribution in [0.15, 0.2) is 29.6 Å². The van der Waals surface area contributed by atoms with Gasteiger partial charge in [0.1, 0.15) is 16.5 Å². The summed E-state index contributed by atoms with van der Waals surface area (Å²) in [7, 11) is 0. The van der Waals surface area contributed by atoms with Gasteiger partial charge in [0.05, 0.1) is 17.5 Å². The van der Waals surface area contributed by atoms with Crippen LogP contribution in [0, 0.1) is 5.82 Å². The third kappa shape index (κ3) is 3.68. The number of nitrogens with zero attached hydrogens (tertiary/aromatic N) is 3. The van der Waals surface area contributed by atoms with E-state index in [4.69, 9.17) is 5.73 Å². The fraction of sp³-hybridized carbons (Fsp3) is 0.368. The zero-order valence-electron chi connectivity index (χ0n) is 15.0. The molecule has 2 aromatic heterocycles. The number of hydrogen-bond donors (Lipinski definition) is 3. The minimum Gasteiger partial charge on any atom is -0.393 e. The SMILES string of the molecule is CC(Nc1nc(N)c2ccsc2n1)c1cc(F)ccc1N1CCC(O)CC1. The first-order valence-electron chi connectivity index (χ1n) is 9.01. The monoisotopic (exact) mass is 387 g/mol. The van der Waals surface area contributed by atoms with Crippen molar-refractivity contribution in [3.63, 3.8) is 0 Å². The van der Waals surface area contributed by atoms with Crippen LogP contribution >= 0.6 is 11.3 Å². The van der Waals surface area contributed by atoms with Gasteiger partial charge in [0.25, 0.3) is 0 Å². The lowest BCUT2D eigenvalue weighted by Gasteiger charge is -2.34. The van der Waals surface area contributed by atoms with Crippen molar-refractivity contribution in [2.75, 3.05) is 29.0 Å². The molecule has 1 unspecified atom stereocenters. The first kappa shape index (κ1) is 17.9. The lowest BCUT2D eigenvalue weighted by Crippen LogP contribution is -2.36. The van der Waals surface area contributed by atoms with Crippen molar-refractivity contribution in [2.45, 2.75) is 31.9 Å². The molecule has 6 nitrogen and oxygen atoms in total. The number of benzene rings is 1. The number of aromatic nitrogens is 2. The molecule has 8 heteroatoms. The van der Waals surface area contributed by atoms with Crippen LogP contribution in [-0.4, -0.2) is 34.3 Å². The zero-order chi connectivity index (χ0) is 19.0. The summed E-state index contributed by atoms with van der Waals surface area (Å²) in [4.78, 5) is 11.9. The molecule has 1 fully saturated rings. The summed E-state index contributed by atoms with van der Waals surface area (Å²) in [6.45, 7) is 3.45. The molecule has 4 N–H and O–H groups in total. The Morgan fingerprint density at radius 1 is 1.30 bits per heavy atom. The third-order valence-corrected chi connectivity index (χ3v) is 5.77. The normalized spacial score (nSPS) is 16.6. The smallest absolute Gasteiger partial charge is 0.226 e. The average molecular weight is 387 g/mol. The quantitative estimate of drug-likeness (QED) is 0.635. The topological polar surface area (TPSA) is 87.3 Å². The molecule has 0 aliphatic carbocycles. The van der Waals surface area contributed by atoms with Gasteiger partial charge >= 0.3 is 0 Å². The van der Waals surface area contributed by atoms with E-state index in [0.717, 1.165) is 34.6 Å². The van der Waals surface area contributed by atoms with Crippen LogP contribution in [0.25, 0.3) is 10.2 Å². The minimum absolute atomic E-state index is 0.209. The van der Waals surface area contributed by atoms with Crippen molar-refractivity contribution in [1.29, 1.82) is 0 Å². The first-order valence-corrected chi connectivity index (χ1v) is 9.89. The molecular weight excluding hydrogens is 365 g/mol. The molecule has 142 valence electrons. The number of piperidine rings is 1. The number of rotatable bonds is 4. The highest BCUT2D eigenvalue weighted by Gasteiger charge is 2.22. The molecule has 1 aliphatic heterocycles. The van der Waals surface area contributed by atoms with Crippen molar-refractivity contribution in [2.24, 2.45) is 0 Å². The van der Waals surface area contributed by atoms with Crippen molar-refractivity contribution >= 4 is 39.0 Å². The molecule has 1 saturated heterocycles. The number of aliphatic hydroxyl groups excluding tert-OH is 1. The molecule has 1 aliphatic rings. The van der Waals surface area contributed by atoms with Crippen molar-refractivity contribution < 1.29 is 9.50 Å². The largest absolute Gasteiger partial charge is 0.393 e. The number of nitrogens with one attached hydrogen (secondary N) is 1. The highest BCUT2D eigenvalue weighted by molar-refractivity contribution is 7.16. The second kappa shape index (κ2) is 7.28. The van der Waals surface area contributed by atoms with Gasteiger partial charge in [0.2, 0.25) is 5.95 Å². The molecule has 27 heavy (non-hydrogen) atoms. The predicted molar refractivity (Wildman–Crippen MR) is 108 cm³/mol. The standard InChI is InChI=1S/C19H22FN5OS/c1-11(22-19-23-17(21)14-6-9-27-18(14)24-19)15-10-12(20)2-3-16(15)25-7-4-13(26)5-8-25/h2-3,6,9-11,13,26H,4-5,7-8H2,1H3,(H3,21,22,23,24). The lowest BCUT2D eigenvalue weighted by molar-refractivity contribution is 0.145. The fourth-order valence-corrected chi connectivity index (χ4v) is 4.25. The molecule has 1 aromatic carbocycles. The molecule has 3 heterocycles. The molecule has 0 bridgehead atoms. The molecule has 0 amide bonds. The first-order chi connectivity index (χ1) is 13.0. The summed E-state index contributed by atoms with van der Waals surface area (Å²) in [6, 6.07) is 6.52. The average Bonchev–Trinajstić information content (AvgIpc) is 3.11. The summed E-state index contributed by atoms with van der Waals surface area (Å²) < 4.78 is 14.0. The van der Waals surface area contributed by atoms with E-state index in [-0.39, 0.29) is 18.0 Å². The molecule has 1 atom stereocenters. The van der Waals surface area contributed by atoms with Gasteiger partial charge in [0, 0.05) is 24.3 Å². The predicted octanol–water partition coefficient (Wildman–Crippen LogP) is 3.55. The Balaban J connectivity index is 1.62. The third-order valence-electron chi connectivity index (χ3n) is 4.96. The summed E-state index contributed by atoms with van der Waals surface area (Å²) in [5, 5.41) is 15.8. The van der Waals surface area contributed by atoms with Gasteiger partial charge < -0.3 is 21.1 Å². The number of nitrogens with two attached hydrogens (primary N) is 1. The van der Waals surface area contributed by atoms with Crippen LogP contribution in [0.4, 0.5) is 21.8 Å². The highest BCUT2D eigenvalue weighted by atomic mass is 32.1. The molecule has 0 saturated carbocycles. The number of halogens is 1. The Bertz CT molecular complexity index is 954. The maximum atomic E-state index is 14.0. The van der Waals surface area contributed by atoms with E-state index in [1.54, 1.807) is 12.1 Å². The van der Waals surface area contributed by atoms with Crippen LogP contribution in [0.2, 0.25) is 0 Å². The van der Waals surface area contributed by atoms with Gasteiger partial charge in [-0.1, -0.05) is 0 Å². The van der Waals surface area contributed by atoms with E-state index >= 15 is 0 Å². The molecule has 4 rings (SSSR count). The van der Waals surface area contributed by atoms with Crippen LogP contribution in [-0.2, 0) is 0 Å². The minimum atomic E-state index is -0.284. The summed E-state index contributed by atoms with van der Waals surface area (Å²) in [6.07, 6.45) is 1.18. The Labute approximate surface area is 160 Å². The van der Waals surface area contributed by atoms with Gasteiger partial charge in [-0.25, -0.2) is 9.37 Å². The van der Waals surface area contributed by atoms with Crippen molar-refractivity contribution in [3.05, 3.63) is 41.0 Å². The Hall–Kier alpha value is -2.45. The van der Waals surface area contributed by atoms with Gasteiger partial charge in [0.15, 0.2) is 0 Å². The number of nitrogen functional groups attached to an aromatic ring is 1. The molecular formula is C19H22FN5OS. The van der Waals surface area contributed by atoms with Gasteiger partial charge in [-0.15, -0.1) is 11.3 Å². The molecule has 0 radical (unpaired) electrons. The Morgan fingerprint density at radius 3 is 2.85 bits per heavy atom. The Kier molecular flexibility index (Phi) is 4.84. The number of aliphatic hydroxyl groups is 1. The maximum Gasteiger partial charge on any atom is 0.226 e. The molecule has 3 aromatic rings. The second-order valence-electron chi connectivity index (χ2n) is 6.86. The van der Waals surface area contributed by atoms with Gasteiger partial charge in [-0.05, 0) is 49.4 Å². The van der Waals surface area contributed by atoms with Crippen LogP contribution in [0.3, 0.4) is 0 Å². The van der Waals surface area contributed by atoms with Crippen molar-refractivity contribution in [1.82, 2.24) is 9.97 Å². The summed E-state index contributed by atoms with van der Waals surface area (Å²) in [5.41, 5.74) is 7.82. The van der Waals surface area contributed by atoms with E-state index in [9.17, 15) is 9.50 Å². The summed E-state index contributed by atoms with van der Waals surface area (Å²) >= 11 is 1.50. The number of hydrogen-bond acceptors (Lipinski definition) is 7.